The Bertz CT molecular complexity index is 659. The molecule has 0 spiro atoms. The molecule has 4 aliphatic carbocycles. The molecule has 2 unspecified atom stereocenters. The fraction of sp³-hybridized carbons (Fsp3) is 0.933. The van der Waals surface area contributed by atoms with Gasteiger partial charge in [-0.1, -0.05) is 97.8 Å². The molecule has 0 aromatic carbocycles. The fourth-order valence-corrected chi connectivity index (χ4v) is 8.35. The molecule has 5 nitrogen and oxygen atoms in total. The van der Waals surface area contributed by atoms with Gasteiger partial charge in [0.1, 0.15) is 0 Å². The molecule has 35 heavy (non-hydrogen) atoms. The average molecular weight is 492 g/mol. The third-order valence-corrected chi connectivity index (χ3v) is 8.89. The molecule has 0 aliphatic heterocycles. The maximum atomic E-state index is 12.5. The number of esters is 1. The zero-order chi connectivity index (χ0) is 25.2. The van der Waals surface area contributed by atoms with Crippen molar-refractivity contribution in [2.75, 3.05) is 6.79 Å². The summed E-state index contributed by atoms with van der Waals surface area (Å²) in [6.07, 6.45) is 23.6. The van der Waals surface area contributed by atoms with Gasteiger partial charge in [-0.05, 0) is 61.7 Å². The van der Waals surface area contributed by atoms with Gasteiger partial charge in [0.05, 0.1) is 0 Å². The minimum Gasteiger partial charge on any atom is -0.428 e. The van der Waals surface area contributed by atoms with E-state index in [9.17, 15) is 9.59 Å². The monoisotopic (exact) mass is 491 g/mol. The van der Waals surface area contributed by atoms with E-state index < -0.39 is 6.09 Å². The number of ether oxygens (including phenoxy) is 2. The van der Waals surface area contributed by atoms with E-state index in [1.165, 1.54) is 89.9 Å². The Morgan fingerprint density at radius 2 is 1.23 bits per heavy atom. The van der Waals surface area contributed by atoms with E-state index in [-0.39, 0.29) is 18.3 Å². The van der Waals surface area contributed by atoms with Crippen LogP contribution in [0.3, 0.4) is 0 Å². The second kappa shape index (κ2) is 13.3. The van der Waals surface area contributed by atoms with Crippen molar-refractivity contribution in [3.05, 3.63) is 0 Å². The van der Waals surface area contributed by atoms with Crippen molar-refractivity contribution < 1.29 is 19.1 Å². The lowest BCUT2D eigenvalue weighted by Gasteiger charge is -2.65. The van der Waals surface area contributed by atoms with Gasteiger partial charge in [-0.2, -0.15) is 0 Å². The number of carbonyl (C=O) groups excluding carboxylic acids is 2. The summed E-state index contributed by atoms with van der Waals surface area (Å²) in [5, 5.41) is 3.19. The van der Waals surface area contributed by atoms with Crippen molar-refractivity contribution in [1.29, 1.82) is 0 Å². The van der Waals surface area contributed by atoms with Gasteiger partial charge in [-0.3, -0.25) is 4.79 Å². The third kappa shape index (κ3) is 9.28. The highest BCUT2D eigenvalue weighted by molar-refractivity contribution is 5.70. The van der Waals surface area contributed by atoms with Crippen LogP contribution in [-0.4, -0.2) is 24.4 Å². The Labute approximate surface area is 214 Å². The van der Waals surface area contributed by atoms with Crippen LogP contribution in [0.4, 0.5) is 4.79 Å². The molecule has 1 amide bonds. The average Bonchev–Trinajstić information content (AvgIpc) is 2.74. The number of amides is 1. The maximum absolute atomic E-state index is 12.5. The summed E-state index contributed by atoms with van der Waals surface area (Å²) in [4.78, 5) is 24.5. The zero-order valence-electron chi connectivity index (χ0n) is 23.1. The van der Waals surface area contributed by atoms with Gasteiger partial charge in [-0.25, -0.2) is 4.79 Å². The van der Waals surface area contributed by atoms with E-state index in [0.717, 1.165) is 32.1 Å². The van der Waals surface area contributed by atoms with Gasteiger partial charge in [0.25, 0.3) is 0 Å². The van der Waals surface area contributed by atoms with E-state index in [0.29, 0.717) is 23.2 Å². The van der Waals surface area contributed by atoms with E-state index in [4.69, 9.17) is 9.47 Å². The lowest BCUT2D eigenvalue weighted by molar-refractivity contribution is -0.152. The molecular formula is C30H53NO4. The quantitative estimate of drug-likeness (QED) is 0.126. The highest BCUT2D eigenvalue weighted by Crippen LogP contribution is 2.66. The molecule has 2 atom stereocenters. The van der Waals surface area contributed by atoms with Gasteiger partial charge < -0.3 is 14.8 Å². The fourth-order valence-electron chi connectivity index (χ4n) is 8.35. The molecule has 4 fully saturated rings. The molecule has 5 heteroatoms. The molecule has 0 aromatic rings. The SMILES string of the molecule is CCCCCCCCCCCCCCCC(=O)OCOC(=O)NC12CC3CC(C)(CC(C)(C3)C1)C2. The minimum absolute atomic E-state index is 0.140. The Hall–Kier alpha value is -1.26. The van der Waals surface area contributed by atoms with Crippen LogP contribution in [0.25, 0.3) is 0 Å². The molecule has 202 valence electrons. The molecule has 0 aromatic heterocycles. The smallest absolute Gasteiger partial charge is 0.410 e. The van der Waals surface area contributed by atoms with Crippen LogP contribution in [0.5, 0.6) is 0 Å². The first kappa shape index (κ1) is 28.3. The minimum atomic E-state index is -0.437. The first-order valence-corrected chi connectivity index (χ1v) is 14.9. The number of hydrogen-bond acceptors (Lipinski definition) is 4. The van der Waals surface area contributed by atoms with Crippen LogP contribution in [-0.2, 0) is 14.3 Å². The van der Waals surface area contributed by atoms with Crippen molar-refractivity contribution in [2.45, 2.75) is 155 Å². The second-order valence-electron chi connectivity index (χ2n) is 13.1. The number of hydrogen-bond donors (Lipinski definition) is 1. The molecular weight excluding hydrogens is 438 g/mol. The molecule has 4 aliphatic rings. The second-order valence-corrected chi connectivity index (χ2v) is 13.1. The van der Waals surface area contributed by atoms with Crippen LogP contribution in [0.2, 0.25) is 0 Å². The van der Waals surface area contributed by atoms with E-state index in [2.05, 4.69) is 26.1 Å². The molecule has 4 bridgehead atoms. The first-order chi connectivity index (χ1) is 16.8. The zero-order valence-corrected chi connectivity index (χ0v) is 23.1. The standard InChI is InChI=1S/C30H53NO4/c1-4-5-6-7-8-9-10-11-12-13-14-15-16-17-26(32)34-24-35-27(33)31-30-20-25-18-28(2,22-30)21-29(3,19-25)23-30/h25H,4-24H2,1-3H3,(H,31,33). The molecule has 0 heterocycles. The van der Waals surface area contributed by atoms with Crippen molar-refractivity contribution in [3.63, 3.8) is 0 Å². The predicted molar refractivity (Wildman–Crippen MR) is 141 cm³/mol. The van der Waals surface area contributed by atoms with Crippen molar-refractivity contribution in [3.8, 4) is 0 Å². The molecule has 4 saturated carbocycles. The highest BCUT2D eigenvalue weighted by Gasteiger charge is 2.60. The maximum Gasteiger partial charge on any atom is 0.410 e. The van der Waals surface area contributed by atoms with Crippen LogP contribution < -0.4 is 5.32 Å². The number of carbonyl (C=O) groups is 2. The summed E-state index contributed by atoms with van der Waals surface area (Å²) in [6.45, 7) is 6.75. The topological polar surface area (TPSA) is 64.6 Å². The van der Waals surface area contributed by atoms with E-state index >= 15 is 0 Å². The summed E-state index contributed by atoms with van der Waals surface area (Å²) in [7, 11) is 0. The first-order valence-electron chi connectivity index (χ1n) is 14.9. The summed E-state index contributed by atoms with van der Waals surface area (Å²) in [5.41, 5.74) is 0.530. The van der Waals surface area contributed by atoms with Crippen LogP contribution in [0.15, 0.2) is 0 Å². The summed E-state index contributed by atoms with van der Waals surface area (Å²) < 4.78 is 10.4. The Kier molecular flexibility index (Phi) is 10.8. The summed E-state index contributed by atoms with van der Waals surface area (Å²) >= 11 is 0. The molecule has 0 saturated heterocycles. The van der Waals surface area contributed by atoms with Gasteiger partial charge in [0, 0.05) is 12.0 Å². The van der Waals surface area contributed by atoms with Crippen molar-refractivity contribution in [1.82, 2.24) is 5.32 Å². The third-order valence-electron chi connectivity index (χ3n) is 8.89. The Balaban J connectivity index is 1.16. The lowest BCUT2D eigenvalue weighted by Crippen LogP contribution is -2.65. The molecule has 1 N–H and O–H groups in total. The van der Waals surface area contributed by atoms with Gasteiger partial charge >= 0.3 is 12.1 Å². The molecule has 0 radical (unpaired) electrons. The summed E-state index contributed by atoms with van der Waals surface area (Å²) in [5.74, 6) is 0.440. The Morgan fingerprint density at radius 1 is 0.714 bits per heavy atom. The van der Waals surface area contributed by atoms with Crippen molar-refractivity contribution in [2.24, 2.45) is 16.7 Å². The van der Waals surface area contributed by atoms with E-state index in [1.54, 1.807) is 0 Å². The van der Waals surface area contributed by atoms with Gasteiger partial charge in [0.2, 0.25) is 6.79 Å². The van der Waals surface area contributed by atoms with Crippen LogP contribution in [0, 0.1) is 16.7 Å². The largest absolute Gasteiger partial charge is 0.428 e. The Morgan fingerprint density at radius 3 is 1.74 bits per heavy atom. The number of alkyl carbamates (subject to hydrolysis) is 1. The molecule has 4 rings (SSSR count). The van der Waals surface area contributed by atoms with Crippen molar-refractivity contribution >= 4 is 12.1 Å². The van der Waals surface area contributed by atoms with Crippen LogP contribution >= 0.6 is 0 Å². The number of rotatable bonds is 17. The number of unbranched alkanes of at least 4 members (excludes halogenated alkanes) is 12. The van der Waals surface area contributed by atoms with E-state index in [1.807, 2.05) is 0 Å². The van der Waals surface area contributed by atoms with Gasteiger partial charge in [-0.15, -0.1) is 0 Å². The normalized spacial score (nSPS) is 30.9. The number of nitrogens with one attached hydrogen (secondary N) is 1. The lowest BCUT2D eigenvalue weighted by atomic mass is 9.43. The van der Waals surface area contributed by atoms with Crippen LogP contribution in [0.1, 0.15) is 149 Å². The van der Waals surface area contributed by atoms with Gasteiger partial charge in [0.15, 0.2) is 0 Å². The highest BCUT2D eigenvalue weighted by atomic mass is 16.7. The predicted octanol–water partition coefficient (Wildman–Crippen LogP) is 8.44. The summed E-state index contributed by atoms with van der Waals surface area (Å²) in [6, 6.07) is 0.